The first kappa shape index (κ1) is 14.7. The molecule has 1 unspecified atom stereocenters. The summed E-state index contributed by atoms with van der Waals surface area (Å²) in [5, 5.41) is 3.61. The summed E-state index contributed by atoms with van der Waals surface area (Å²) in [5.74, 6) is 2.56. The van der Waals surface area contributed by atoms with Crippen molar-refractivity contribution in [1.82, 2.24) is 5.32 Å². The summed E-state index contributed by atoms with van der Waals surface area (Å²) in [5.41, 5.74) is 2.88. The van der Waals surface area contributed by atoms with Crippen molar-refractivity contribution in [2.45, 2.75) is 32.7 Å². The molecule has 1 heterocycles. The van der Waals surface area contributed by atoms with Crippen molar-refractivity contribution in [3.8, 4) is 0 Å². The van der Waals surface area contributed by atoms with Gasteiger partial charge in [0, 0.05) is 30.6 Å². The van der Waals surface area contributed by atoms with Gasteiger partial charge in [-0.05, 0) is 43.7 Å². The van der Waals surface area contributed by atoms with Gasteiger partial charge < -0.3 is 10.2 Å². The van der Waals surface area contributed by atoms with Crippen LogP contribution in [0.4, 0.5) is 5.69 Å². The van der Waals surface area contributed by atoms with Gasteiger partial charge in [-0.15, -0.1) is 0 Å². The van der Waals surface area contributed by atoms with Crippen LogP contribution in [0.1, 0.15) is 38.3 Å². The van der Waals surface area contributed by atoms with E-state index in [0.717, 1.165) is 6.54 Å². The Morgan fingerprint density at radius 2 is 2.11 bits per heavy atom. The Bertz CT molecular complexity index is 373. The molecule has 2 rings (SSSR count). The van der Waals surface area contributed by atoms with Gasteiger partial charge in [0.15, 0.2) is 0 Å². The molecular formula is C16H26N2S. The van der Waals surface area contributed by atoms with E-state index in [-0.39, 0.29) is 0 Å². The summed E-state index contributed by atoms with van der Waals surface area (Å²) in [6.45, 7) is 7.97. The fourth-order valence-electron chi connectivity index (χ4n) is 2.60. The summed E-state index contributed by atoms with van der Waals surface area (Å²) in [6, 6.07) is 9.33. The topological polar surface area (TPSA) is 15.3 Å². The lowest BCUT2D eigenvalue weighted by Crippen LogP contribution is -2.28. The van der Waals surface area contributed by atoms with Crippen LogP contribution in [0.25, 0.3) is 0 Å². The highest BCUT2D eigenvalue weighted by molar-refractivity contribution is 7.99. The van der Waals surface area contributed by atoms with Crippen LogP contribution < -0.4 is 10.2 Å². The maximum Gasteiger partial charge on any atom is 0.0414 e. The van der Waals surface area contributed by atoms with E-state index in [9.17, 15) is 0 Å². The minimum atomic E-state index is 0.437. The maximum atomic E-state index is 3.61. The number of thioether (sulfide) groups is 1. The number of rotatable bonds is 5. The van der Waals surface area contributed by atoms with Gasteiger partial charge in [0.05, 0.1) is 0 Å². The van der Waals surface area contributed by atoms with Crippen LogP contribution >= 0.6 is 11.8 Å². The Hall–Kier alpha value is -0.670. The van der Waals surface area contributed by atoms with Crippen molar-refractivity contribution in [1.29, 1.82) is 0 Å². The average Bonchev–Trinajstić information content (AvgIpc) is 2.73. The van der Waals surface area contributed by atoms with Gasteiger partial charge in [-0.2, -0.15) is 11.8 Å². The second kappa shape index (κ2) is 7.81. The smallest absolute Gasteiger partial charge is 0.0414 e. The molecule has 0 aliphatic carbocycles. The molecule has 1 N–H and O–H groups in total. The molecule has 0 bridgehead atoms. The number of nitrogens with one attached hydrogen (secondary N) is 1. The Morgan fingerprint density at radius 1 is 1.26 bits per heavy atom. The summed E-state index contributed by atoms with van der Waals surface area (Å²) < 4.78 is 0. The lowest BCUT2D eigenvalue weighted by atomic mass is 10.0. The summed E-state index contributed by atoms with van der Waals surface area (Å²) in [6.07, 6.45) is 2.49. The molecular weight excluding hydrogens is 252 g/mol. The van der Waals surface area contributed by atoms with Crippen LogP contribution in [0, 0.1) is 0 Å². The zero-order chi connectivity index (χ0) is 13.5. The van der Waals surface area contributed by atoms with Crippen molar-refractivity contribution in [3.05, 3.63) is 29.8 Å². The SMILES string of the molecule is CCCNC(C)c1ccccc1N1CCCSCC1. The first-order valence-corrected chi connectivity index (χ1v) is 8.63. The van der Waals surface area contributed by atoms with Crippen LogP contribution in [0.3, 0.4) is 0 Å². The van der Waals surface area contributed by atoms with Crippen LogP contribution in [0.15, 0.2) is 24.3 Å². The lowest BCUT2D eigenvalue weighted by Gasteiger charge is -2.27. The molecule has 0 saturated carbocycles. The highest BCUT2D eigenvalue weighted by Gasteiger charge is 2.16. The molecule has 1 aromatic rings. The predicted molar refractivity (Wildman–Crippen MR) is 87.3 cm³/mol. The van der Waals surface area contributed by atoms with E-state index in [1.54, 1.807) is 0 Å². The molecule has 3 heteroatoms. The van der Waals surface area contributed by atoms with Crippen LogP contribution in [0.5, 0.6) is 0 Å². The molecule has 106 valence electrons. The number of nitrogens with zero attached hydrogens (tertiary/aromatic N) is 1. The quantitative estimate of drug-likeness (QED) is 0.884. The molecule has 1 aromatic carbocycles. The molecule has 0 spiro atoms. The van der Waals surface area contributed by atoms with E-state index in [1.165, 1.54) is 48.7 Å². The normalized spacial score (nSPS) is 18.1. The first-order chi connectivity index (χ1) is 9.33. The molecule has 1 fully saturated rings. The van der Waals surface area contributed by atoms with Gasteiger partial charge in [-0.25, -0.2) is 0 Å². The zero-order valence-corrected chi connectivity index (χ0v) is 13.0. The van der Waals surface area contributed by atoms with E-state index in [4.69, 9.17) is 0 Å². The summed E-state index contributed by atoms with van der Waals surface area (Å²) in [4.78, 5) is 2.57. The van der Waals surface area contributed by atoms with Crippen molar-refractivity contribution >= 4 is 17.4 Å². The number of hydrogen-bond acceptors (Lipinski definition) is 3. The van der Waals surface area contributed by atoms with Crippen LogP contribution in [0.2, 0.25) is 0 Å². The first-order valence-electron chi connectivity index (χ1n) is 7.48. The Morgan fingerprint density at radius 3 is 2.95 bits per heavy atom. The second-order valence-corrected chi connectivity index (χ2v) is 6.41. The van der Waals surface area contributed by atoms with Crippen LogP contribution in [-0.2, 0) is 0 Å². The Kier molecular flexibility index (Phi) is 6.05. The zero-order valence-electron chi connectivity index (χ0n) is 12.2. The Labute approximate surface area is 122 Å². The number of hydrogen-bond donors (Lipinski definition) is 1. The fourth-order valence-corrected chi connectivity index (χ4v) is 3.49. The molecule has 1 aliphatic heterocycles. The van der Waals surface area contributed by atoms with Gasteiger partial charge in [-0.3, -0.25) is 0 Å². The third-order valence-electron chi connectivity index (χ3n) is 3.67. The lowest BCUT2D eigenvalue weighted by molar-refractivity contribution is 0.569. The third kappa shape index (κ3) is 4.15. The van der Waals surface area contributed by atoms with Crippen LogP contribution in [-0.4, -0.2) is 31.1 Å². The number of anilines is 1. The largest absolute Gasteiger partial charge is 0.370 e. The predicted octanol–water partition coefficient (Wildman–Crippen LogP) is 3.69. The highest BCUT2D eigenvalue weighted by Crippen LogP contribution is 2.28. The summed E-state index contributed by atoms with van der Waals surface area (Å²) in [7, 11) is 0. The van der Waals surface area contributed by atoms with E-state index in [1.807, 2.05) is 0 Å². The molecule has 0 radical (unpaired) electrons. The molecule has 0 aromatic heterocycles. The van der Waals surface area contributed by atoms with Gasteiger partial charge in [0.2, 0.25) is 0 Å². The van der Waals surface area contributed by atoms with Gasteiger partial charge in [0.25, 0.3) is 0 Å². The average molecular weight is 278 g/mol. The van der Waals surface area contributed by atoms with Crippen molar-refractivity contribution < 1.29 is 0 Å². The molecule has 0 amide bonds. The standard InChI is InChI=1S/C16H26N2S/c1-3-9-17-14(2)15-7-4-5-8-16(15)18-10-6-12-19-13-11-18/h4-5,7-8,14,17H,3,6,9-13H2,1-2H3. The van der Waals surface area contributed by atoms with E-state index in [0.29, 0.717) is 6.04 Å². The monoisotopic (exact) mass is 278 g/mol. The van der Waals surface area contributed by atoms with Gasteiger partial charge in [0.1, 0.15) is 0 Å². The van der Waals surface area contributed by atoms with Crippen molar-refractivity contribution in [2.24, 2.45) is 0 Å². The maximum absolute atomic E-state index is 3.61. The third-order valence-corrected chi connectivity index (χ3v) is 4.72. The van der Waals surface area contributed by atoms with Gasteiger partial charge in [-0.1, -0.05) is 25.1 Å². The van der Waals surface area contributed by atoms with E-state index < -0.39 is 0 Å². The Balaban J connectivity index is 2.14. The minimum Gasteiger partial charge on any atom is -0.370 e. The second-order valence-electron chi connectivity index (χ2n) is 5.19. The molecule has 1 atom stereocenters. The minimum absolute atomic E-state index is 0.437. The molecule has 1 aliphatic rings. The highest BCUT2D eigenvalue weighted by atomic mass is 32.2. The van der Waals surface area contributed by atoms with Crippen molar-refractivity contribution in [3.63, 3.8) is 0 Å². The molecule has 2 nitrogen and oxygen atoms in total. The molecule has 1 saturated heterocycles. The van der Waals surface area contributed by atoms with E-state index >= 15 is 0 Å². The number of benzene rings is 1. The fraction of sp³-hybridized carbons (Fsp3) is 0.625. The molecule has 19 heavy (non-hydrogen) atoms. The van der Waals surface area contributed by atoms with E-state index in [2.05, 4.69) is 60.1 Å². The van der Waals surface area contributed by atoms with Crippen molar-refractivity contribution in [2.75, 3.05) is 36.0 Å². The van der Waals surface area contributed by atoms with Gasteiger partial charge >= 0.3 is 0 Å². The summed E-state index contributed by atoms with van der Waals surface area (Å²) >= 11 is 2.09. The number of para-hydroxylation sites is 1.